The molecule has 21 heavy (non-hydrogen) atoms. The van der Waals surface area contributed by atoms with Crippen molar-refractivity contribution in [2.75, 3.05) is 11.4 Å². The van der Waals surface area contributed by atoms with Gasteiger partial charge in [-0.3, -0.25) is 9.59 Å². The van der Waals surface area contributed by atoms with E-state index in [9.17, 15) is 14.7 Å². The van der Waals surface area contributed by atoms with E-state index >= 15 is 0 Å². The van der Waals surface area contributed by atoms with Crippen LogP contribution in [0, 0.1) is 11.8 Å². The number of benzene rings is 1. The Morgan fingerprint density at radius 2 is 2.19 bits per heavy atom. The first-order valence-electron chi connectivity index (χ1n) is 6.69. The van der Waals surface area contributed by atoms with Gasteiger partial charge >= 0.3 is 5.97 Å². The lowest BCUT2D eigenvalue weighted by molar-refractivity contribution is -0.146. The quantitative estimate of drug-likeness (QED) is 0.827. The van der Waals surface area contributed by atoms with E-state index in [1.165, 1.54) is 0 Å². The predicted molar refractivity (Wildman–Crippen MR) is 77.9 cm³/mol. The Balaban J connectivity index is 1.78. The van der Waals surface area contributed by atoms with Crippen molar-refractivity contribution in [1.29, 1.82) is 0 Å². The number of amides is 1. The second kappa shape index (κ2) is 4.18. The van der Waals surface area contributed by atoms with Crippen LogP contribution in [0.15, 0.2) is 40.9 Å². The van der Waals surface area contributed by atoms with E-state index in [1.54, 1.807) is 11.0 Å². The zero-order valence-electron chi connectivity index (χ0n) is 10.9. The van der Waals surface area contributed by atoms with Gasteiger partial charge in [-0.05, 0) is 28.1 Å². The largest absolute Gasteiger partial charge is 0.481 e. The fourth-order valence-corrected chi connectivity index (χ4v) is 4.15. The predicted octanol–water partition coefficient (Wildman–Crippen LogP) is 1.82. The highest BCUT2D eigenvalue weighted by atomic mass is 79.9. The van der Waals surface area contributed by atoms with Crippen LogP contribution in [0.4, 0.5) is 5.69 Å². The molecular weight excluding hydrogens is 338 g/mol. The number of carbonyl (C=O) groups excluding carboxylic acids is 1. The van der Waals surface area contributed by atoms with E-state index in [0.29, 0.717) is 6.54 Å². The number of nitrogens with zero attached hydrogens (tertiary/aromatic N) is 1. The number of carboxylic acids is 1. The van der Waals surface area contributed by atoms with E-state index in [2.05, 4.69) is 15.9 Å². The van der Waals surface area contributed by atoms with Crippen LogP contribution in [0.5, 0.6) is 0 Å². The molecule has 2 bridgehead atoms. The van der Waals surface area contributed by atoms with Crippen molar-refractivity contribution in [3.8, 4) is 0 Å². The highest BCUT2D eigenvalue weighted by molar-refractivity contribution is 9.10. The Hall–Kier alpha value is -1.66. The third-order valence-electron chi connectivity index (χ3n) is 4.53. The number of halogens is 1. The SMILES string of the molecule is O=C(O)[C@H]1[C@@H]2C=C[C@]3(CN(c4ccccc4Br)C(=O)[C@@H]13)O2. The number of para-hydroxylation sites is 1. The summed E-state index contributed by atoms with van der Waals surface area (Å²) in [5.41, 5.74) is -0.0454. The van der Waals surface area contributed by atoms with Crippen molar-refractivity contribution in [2.24, 2.45) is 11.8 Å². The Kier molecular flexibility index (Phi) is 2.59. The molecule has 1 N–H and O–H groups in total. The maximum Gasteiger partial charge on any atom is 0.310 e. The van der Waals surface area contributed by atoms with Crippen LogP contribution in [0.1, 0.15) is 0 Å². The summed E-state index contributed by atoms with van der Waals surface area (Å²) in [4.78, 5) is 25.9. The fraction of sp³-hybridized carbons (Fsp3) is 0.333. The molecular formula is C15H12BrNO4. The molecule has 3 aliphatic rings. The van der Waals surface area contributed by atoms with Gasteiger partial charge in [0.2, 0.25) is 5.91 Å². The van der Waals surface area contributed by atoms with Crippen LogP contribution < -0.4 is 4.90 Å². The highest BCUT2D eigenvalue weighted by Crippen LogP contribution is 2.53. The number of ether oxygens (including phenoxy) is 1. The van der Waals surface area contributed by atoms with Gasteiger partial charge in [-0.1, -0.05) is 24.3 Å². The first-order valence-corrected chi connectivity index (χ1v) is 7.49. The lowest BCUT2D eigenvalue weighted by Crippen LogP contribution is -2.39. The molecule has 1 spiro atoms. The van der Waals surface area contributed by atoms with Gasteiger partial charge in [0.25, 0.3) is 0 Å². The molecule has 108 valence electrons. The Morgan fingerprint density at radius 1 is 1.43 bits per heavy atom. The molecule has 1 aromatic rings. The van der Waals surface area contributed by atoms with E-state index in [1.807, 2.05) is 30.3 Å². The van der Waals surface area contributed by atoms with Crippen LogP contribution in [0.2, 0.25) is 0 Å². The van der Waals surface area contributed by atoms with Crippen molar-refractivity contribution >= 4 is 33.5 Å². The van der Waals surface area contributed by atoms with Gasteiger partial charge in [-0.15, -0.1) is 0 Å². The second-order valence-corrected chi connectivity index (χ2v) is 6.47. The van der Waals surface area contributed by atoms with Gasteiger partial charge in [0, 0.05) is 4.47 Å². The zero-order valence-corrected chi connectivity index (χ0v) is 12.5. The summed E-state index contributed by atoms with van der Waals surface area (Å²) in [6.45, 7) is 0.357. The van der Waals surface area contributed by atoms with Crippen LogP contribution in [-0.4, -0.2) is 35.2 Å². The molecule has 1 amide bonds. The number of rotatable bonds is 2. The summed E-state index contributed by atoms with van der Waals surface area (Å²) >= 11 is 3.44. The molecule has 4 atom stereocenters. The third kappa shape index (κ3) is 1.60. The summed E-state index contributed by atoms with van der Waals surface area (Å²) in [5.74, 6) is -2.59. The lowest BCUT2D eigenvalue weighted by atomic mass is 9.77. The van der Waals surface area contributed by atoms with E-state index in [-0.39, 0.29) is 5.91 Å². The van der Waals surface area contributed by atoms with Gasteiger partial charge in [0.15, 0.2) is 0 Å². The molecule has 0 unspecified atom stereocenters. The summed E-state index contributed by atoms with van der Waals surface area (Å²) in [5, 5.41) is 9.41. The molecule has 0 radical (unpaired) electrons. The number of aliphatic carboxylic acids is 1. The molecule has 0 aliphatic carbocycles. The number of carbonyl (C=O) groups is 2. The molecule has 1 aromatic carbocycles. The molecule has 4 rings (SSSR count). The topological polar surface area (TPSA) is 66.8 Å². The molecule has 0 aromatic heterocycles. The Bertz CT molecular complexity index is 688. The van der Waals surface area contributed by atoms with Gasteiger partial charge < -0.3 is 14.7 Å². The molecule has 3 aliphatic heterocycles. The fourth-order valence-electron chi connectivity index (χ4n) is 3.65. The van der Waals surface area contributed by atoms with Gasteiger partial charge in [0.05, 0.1) is 24.3 Å². The maximum atomic E-state index is 12.8. The first-order chi connectivity index (χ1) is 10.0. The normalized spacial score (nSPS) is 36.3. The number of hydrogen-bond acceptors (Lipinski definition) is 3. The van der Waals surface area contributed by atoms with Gasteiger partial charge in [0.1, 0.15) is 11.5 Å². The van der Waals surface area contributed by atoms with Crippen LogP contribution >= 0.6 is 15.9 Å². The number of fused-ring (bicyclic) bond motifs is 1. The lowest BCUT2D eigenvalue weighted by Gasteiger charge is -2.22. The van der Waals surface area contributed by atoms with Crippen molar-refractivity contribution < 1.29 is 19.4 Å². The van der Waals surface area contributed by atoms with E-state index in [4.69, 9.17) is 4.74 Å². The van der Waals surface area contributed by atoms with Gasteiger partial charge in [-0.25, -0.2) is 0 Å². The van der Waals surface area contributed by atoms with Crippen LogP contribution in [0.3, 0.4) is 0 Å². The maximum absolute atomic E-state index is 12.8. The van der Waals surface area contributed by atoms with Crippen LogP contribution in [0.25, 0.3) is 0 Å². The van der Waals surface area contributed by atoms with Crippen LogP contribution in [-0.2, 0) is 14.3 Å². The first kappa shape index (κ1) is 13.0. The number of anilines is 1. The zero-order chi connectivity index (χ0) is 14.8. The standard InChI is InChI=1S/C15H12BrNO4/c16-8-3-1-2-4-9(8)17-7-15-6-5-10(21-15)11(14(19)20)12(15)13(17)18/h1-6,10-12H,7H2,(H,19,20)/t10-,11-,12+,15+/m0/s1. The van der Waals surface area contributed by atoms with Gasteiger partial charge in [-0.2, -0.15) is 0 Å². The average molecular weight is 350 g/mol. The van der Waals surface area contributed by atoms with E-state index < -0.39 is 29.5 Å². The minimum atomic E-state index is -0.974. The Labute approximate surface area is 129 Å². The smallest absolute Gasteiger partial charge is 0.310 e. The number of carboxylic acid groups (broad SMARTS) is 1. The second-order valence-electron chi connectivity index (χ2n) is 5.61. The highest BCUT2D eigenvalue weighted by Gasteiger charge is 2.67. The minimum absolute atomic E-state index is 0.179. The average Bonchev–Trinajstić information content (AvgIpc) is 3.08. The van der Waals surface area contributed by atoms with Crippen molar-refractivity contribution in [3.63, 3.8) is 0 Å². The van der Waals surface area contributed by atoms with Crippen molar-refractivity contribution in [2.45, 2.75) is 11.7 Å². The molecule has 5 nitrogen and oxygen atoms in total. The van der Waals surface area contributed by atoms with Crippen molar-refractivity contribution in [3.05, 3.63) is 40.9 Å². The molecule has 0 saturated carbocycles. The third-order valence-corrected chi connectivity index (χ3v) is 5.20. The Morgan fingerprint density at radius 3 is 2.90 bits per heavy atom. The molecule has 2 fully saturated rings. The van der Waals surface area contributed by atoms with Crippen molar-refractivity contribution in [1.82, 2.24) is 0 Å². The molecule has 3 heterocycles. The monoisotopic (exact) mass is 349 g/mol. The van der Waals surface area contributed by atoms with E-state index in [0.717, 1.165) is 10.2 Å². The summed E-state index contributed by atoms with van der Waals surface area (Å²) in [6, 6.07) is 7.42. The summed E-state index contributed by atoms with van der Waals surface area (Å²) < 4.78 is 6.66. The summed E-state index contributed by atoms with van der Waals surface area (Å²) in [6.07, 6.45) is 3.14. The molecule has 6 heteroatoms. The number of hydrogen-bond donors (Lipinski definition) is 1. The minimum Gasteiger partial charge on any atom is -0.481 e. The molecule has 2 saturated heterocycles. The summed E-state index contributed by atoms with van der Waals surface area (Å²) in [7, 11) is 0.